The van der Waals surface area contributed by atoms with Gasteiger partial charge in [-0.3, -0.25) is 14.9 Å². The first kappa shape index (κ1) is 21.5. The minimum Gasteiger partial charge on any atom is -0.363 e. The summed E-state index contributed by atoms with van der Waals surface area (Å²) in [4.78, 5) is 40.7. The average Bonchev–Trinajstić information content (AvgIpc) is 2.72. The number of nitrogens with one attached hydrogen (secondary N) is 1. The Kier molecular flexibility index (Phi) is 5.20. The van der Waals surface area contributed by atoms with Crippen LogP contribution in [0.4, 0.5) is 20.6 Å². The van der Waals surface area contributed by atoms with E-state index in [1.807, 2.05) is 25.1 Å². The summed E-state index contributed by atoms with van der Waals surface area (Å²) < 4.78 is 14.2. The summed E-state index contributed by atoms with van der Waals surface area (Å²) in [5.41, 5.74) is 3.22. The Morgan fingerprint density at radius 2 is 1.78 bits per heavy atom. The van der Waals surface area contributed by atoms with E-state index in [1.165, 1.54) is 24.3 Å². The number of benzene rings is 2. The molecule has 4 amide bonds. The summed E-state index contributed by atoms with van der Waals surface area (Å²) in [6.45, 7) is 9.25. The first-order valence-corrected chi connectivity index (χ1v) is 10.4. The number of urea groups is 1. The highest BCUT2D eigenvalue weighted by Crippen LogP contribution is 2.39. The summed E-state index contributed by atoms with van der Waals surface area (Å²) in [7, 11) is 0. The van der Waals surface area contributed by atoms with Gasteiger partial charge in [0.25, 0.3) is 11.8 Å². The largest absolute Gasteiger partial charge is 0.363 e. The van der Waals surface area contributed by atoms with Crippen LogP contribution >= 0.6 is 0 Å². The maximum atomic E-state index is 14.2. The van der Waals surface area contributed by atoms with E-state index in [-0.39, 0.29) is 16.8 Å². The van der Waals surface area contributed by atoms with Crippen LogP contribution in [0.3, 0.4) is 0 Å². The molecule has 0 unspecified atom stereocenters. The van der Waals surface area contributed by atoms with Crippen molar-refractivity contribution in [1.82, 2.24) is 5.32 Å². The van der Waals surface area contributed by atoms with E-state index in [4.69, 9.17) is 0 Å². The zero-order valence-corrected chi connectivity index (χ0v) is 18.4. The summed E-state index contributed by atoms with van der Waals surface area (Å²) in [6, 6.07) is 10.2. The van der Waals surface area contributed by atoms with E-state index < -0.39 is 23.7 Å². The molecule has 0 radical (unpaired) electrons. The lowest BCUT2D eigenvalue weighted by molar-refractivity contribution is -0.122. The Morgan fingerprint density at radius 3 is 2.47 bits per heavy atom. The van der Waals surface area contributed by atoms with Crippen LogP contribution in [0, 0.1) is 5.82 Å². The zero-order valence-electron chi connectivity index (χ0n) is 18.4. The van der Waals surface area contributed by atoms with Gasteiger partial charge in [-0.15, -0.1) is 0 Å². The maximum absolute atomic E-state index is 14.2. The standard InChI is InChI=1S/C25H24FN3O3/c1-5-28-20-11-10-16(12-17(20)15(2)14-25(28,3)4)13-18-22(30)27-24(32)29(23(18)31)21-9-7-6-8-19(21)26/h6-14H,5H2,1-4H3,(H,27,30,32)/b18-13-. The third-order valence-corrected chi connectivity index (χ3v) is 5.82. The second-order valence-corrected chi connectivity index (χ2v) is 8.41. The number of hydrogen-bond acceptors (Lipinski definition) is 4. The summed E-state index contributed by atoms with van der Waals surface area (Å²) in [5.74, 6) is -2.42. The van der Waals surface area contributed by atoms with Gasteiger partial charge in [-0.1, -0.05) is 24.3 Å². The van der Waals surface area contributed by atoms with Gasteiger partial charge in [0, 0.05) is 17.8 Å². The number of likely N-dealkylation sites (N-methyl/N-ethyl adjacent to an activating group) is 1. The maximum Gasteiger partial charge on any atom is 0.336 e. The van der Waals surface area contributed by atoms with Gasteiger partial charge in [-0.2, -0.15) is 0 Å². The highest BCUT2D eigenvalue weighted by molar-refractivity contribution is 6.39. The van der Waals surface area contributed by atoms with Gasteiger partial charge < -0.3 is 4.90 Å². The molecule has 0 aliphatic carbocycles. The van der Waals surface area contributed by atoms with Crippen LogP contribution in [0.1, 0.15) is 38.8 Å². The molecule has 7 heteroatoms. The number of hydrogen-bond donors (Lipinski definition) is 1. The molecule has 0 aromatic heterocycles. The van der Waals surface area contributed by atoms with Gasteiger partial charge in [-0.25, -0.2) is 14.1 Å². The zero-order chi connectivity index (χ0) is 23.2. The average molecular weight is 433 g/mol. The SMILES string of the molecule is CCN1c2ccc(/C=C3/C(=O)NC(=O)N(c4ccccc4F)C3=O)cc2C(C)=CC1(C)C. The number of anilines is 2. The molecule has 2 aromatic carbocycles. The van der Waals surface area contributed by atoms with Crippen LogP contribution in [0.25, 0.3) is 11.6 Å². The number of carbonyl (C=O) groups excluding carboxylic acids is 3. The highest BCUT2D eigenvalue weighted by atomic mass is 19.1. The van der Waals surface area contributed by atoms with Crippen molar-refractivity contribution >= 4 is 40.9 Å². The fourth-order valence-electron chi connectivity index (χ4n) is 4.44. The number of imide groups is 2. The van der Waals surface area contributed by atoms with E-state index >= 15 is 0 Å². The molecule has 1 fully saturated rings. The van der Waals surface area contributed by atoms with Crippen molar-refractivity contribution in [3.05, 3.63) is 71.1 Å². The second kappa shape index (κ2) is 7.75. The quantitative estimate of drug-likeness (QED) is 0.571. The lowest BCUT2D eigenvalue weighted by atomic mass is 9.88. The van der Waals surface area contributed by atoms with Crippen LogP contribution in [-0.2, 0) is 9.59 Å². The third kappa shape index (κ3) is 3.49. The van der Waals surface area contributed by atoms with Crippen molar-refractivity contribution < 1.29 is 18.8 Å². The van der Waals surface area contributed by atoms with Gasteiger partial charge >= 0.3 is 6.03 Å². The van der Waals surface area contributed by atoms with Crippen molar-refractivity contribution in [2.24, 2.45) is 0 Å². The third-order valence-electron chi connectivity index (χ3n) is 5.82. The molecule has 0 spiro atoms. The monoisotopic (exact) mass is 433 g/mol. The molecule has 2 heterocycles. The van der Waals surface area contributed by atoms with Gasteiger partial charge in [0.05, 0.1) is 11.2 Å². The van der Waals surface area contributed by atoms with Crippen LogP contribution in [-0.4, -0.2) is 29.9 Å². The predicted octanol–water partition coefficient (Wildman–Crippen LogP) is 4.51. The van der Waals surface area contributed by atoms with E-state index in [0.29, 0.717) is 10.5 Å². The number of para-hydroxylation sites is 1. The smallest absolute Gasteiger partial charge is 0.336 e. The molecular formula is C25H24FN3O3. The molecule has 0 saturated carbocycles. The predicted molar refractivity (Wildman–Crippen MR) is 123 cm³/mol. The summed E-state index contributed by atoms with van der Waals surface area (Å²) >= 11 is 0. The molecule has 2 aromatic rings. The van der Waals surface area contributed by atoms with E-state index in [1.54, 1.807) is 0 Å². The number of barbiturate groups is 1. The van der Waals surface area contributed by atoms with Crippen LogP contribution in [0.15, 0.2) is 54.1 Å². The number of nitrogens with zero attached hydrogens (tertiary/aromatic N) is 2. The van der Waals surface area contributed by atoms with E-state index in [2.05, 4.69) is 37.1 Å². The Labute approximate surface area is 186 Å². The molecule has 2 aliphatic rings. The fourth-order valence-corrected chi connectivity index (χ4v) is 4.44. The number of rotatable bonds is 3. The molecule has 32 heavy (non-hydrogen) atoms. The van der Waals surface area contributed by atoms with Crippen LogP contribution in [0.2, 0.25) is 0 Å². The molecule has 6 nitrogen and oxygen atoms in total. The van der Waals surface area contributed by atoms with Gasteiger partial charge in [0.1, 0.15) is 11.4 Å². The number of halogens is 1. The molecular weight excluding hydrogens is 409 g/mol. The Balaban J connectivity index is 1.76. The number of fused-ring (bicyclic) bond motifs is 1. The fraction of sp³-hybridized carbons (Fsp3) is 0.240. The highest BCUT2D eigenvalue weighted by Gasteiger charge is 2.38. The van der Waals surface area contributed by atoms with Crippen molar-refractivity contribution in [3.63, 3.8) is 0 Å². The topological polar surface area (TPSA) is 69.7 Å². The lowest BCUT2D eigenvalue weighted by Crippen LogP contribution is -2.54. The molecule has 2 aliphatic heterocycles. The van der Waals surface area contributed by atoms with Crippen molar-refractivity contribution in [2.45, 2.75) is 33.2 Å². The summed E-state index contributed by atoms with van der Waals surface area (Å²) in [5, 5.41) is 2.13. The summed E-state index contributed by atoms with van der Waals surface area (Å²) in [6.07, 6.45) is 3.62. The van der Waals surface area contributed by atoms with Crippen LogP contribution in [0.5, 0.6) is 0 Å². The van der Waals surface area contributed by atoms with Crippen LogP contribution < -0.4 is 15.1 Å². The molecule has 4 rings (SSSR count). The number of carbonyl (C=O) groups is 3. The van der Waals surface area contributed by atoms with E-state index in [0.717, 1.165) is 29.4 Å². The normalized spacial score (nSPS) is 19.1. The minimum atomic E-state index is -0.979. The number of allylic oxidation sites excluding steroid dienone is 1. The minimum absolute atomic E-state index is 0.133. The van der Waals surface area contributed by atoms with Gasteiger partial charge in [0.2, 0.25) is 0 Å². The Hall–Kier alpha value is -3.74. The molecule has 1 saturated heterocycles. The molecule has 164 valence electrons. The van der Waals surface area contributed by atoms with Crippen molar-refractivity contribution in [1.29, 1.82) is 0 Å². The lowest BCUT2D eigenvalue weighted by Gasteiger charge is -2.42. The molecule has 1 N–H and O–H groups in total. The van der Waals surface area contributed by atoms with Crippen molar-refractivity contribution in [2.75, 3.05) is 16.3 Å². The molecule has 0 atom stereocenters. The Bertz CT molecular complexity index is 1210. The van der Waals surface area contributed by atoms with Gasteiger partial charge in [0.15, 0.2) is 0 Å². The second-order valence-electron chi connectivity index (χ2n) is 8.41. The Morgan fingerprint density at radius 1 is 1.06 bits per heavy atom. The van der Waals surface area contributed by atoms with Gasteiger partial charge in [-0.05, 0) is 69.2 Å². The number of amides is 4. The van der Waals surface area contributed by atoms with Crippen molar-refractivity contribution in [3.8, 4) is 0 Å². The molecule has 0 bridgehead atoms. The van der Waals surface area contributed by atoms with E-state index in [9.17, 15) is 18.8 Å². The first-order valence-electron chi connectivity index (χ1n) is 10.4. The first-order chi connectivity index (χ1) is 15.1.